The maximum absolute atomic E-state index is 12.0. The van der Waals surface area contributed by atoms with Crippen LogP contribution in [0.25, 0.3) is 11.4 Å². The first-order valence-corrected chi connectivity index (χ1v) is 10.1. The first-order valence-electron chi connectivity index (χ1n) is 8.34. The molecule has 3 rings (SSSR count). The van der Waals surface area contributed by atoms with Crippen molar-refractivity contribution in [3.63, 3.8) is 0 Å². The van der Waals surface area contributed by atoms with Crippen LogP contribution in [0.4, 0.5) is 0 Å². The van der Waals surface area contributed by atoms with Crippen molar-refractivity contribution in [2.24, 2.45) is 0 Å². The van der Waals surface area contributed by atoms with Crippen molar-refractivity contribution in [3.8, 4) is 11.4 Å². The van der Waals surface area contributed by atoms with Crippen LogP contribution in [-0.2, 0) is 11.3 Å². The first-order chi connectivity index (χ1) is 13.1. The van der Waals surface area contributed by atoms with E-state index in [0.717, 1.165) is 22.1 Å². The van der Waals surface area contributed by atoms with E-state index in [1.165, 1.54) is 0 Å². The molecule has 1 heterocycles. The minimum absolute atomic E-state index is 0.0517. The first kappa shape index (κ1) is 19.7. The van der Waals surface area contributed by atoms with Crippen LogP contribution in [0.3, 0.4) is 0 Å². The van der Waals surface area contributed by atoms with Gasteiger partial charge in [0.2, 0.25) is 17.6 Å². The number of nitrogens with one attached hydrogen (secondary N) is 1. The van der Waals surface area contributed by atoms with Gasteiger partial charge in [0.1, 0.15) is 0 Å². The van der Waals surface area contributed by atoms with E-state index in [1.54, 1.807) is 17.8 Å². The number of benzene rings is 2. The van der Waals surface area contributed by atoms with E-state index in [2.05, 4.69) is 15.5 Å². The zero-order chi connectivity index (χ0) is 19.1. The number of thioether (sulfide) groups is 1. The second-order valence-corrected chi connectivity index (χ2v) is 7.69. The Morgan fingerprint density at radius 2 is 1.89 bits per heavy atom. The van der Waals surface area contributed by atoms with Gasteiger partial charge in [0.05, 0.1) is 11.6 Å². The van der Waals surface area contributed by atoms with Gasteiger partial charge in [-0.15, -0.1) is 11.8 Å². The van der Waals surface area contributed by atoms with Gasteiger partial charge in [-0.25, -0.2) is 0 Å². The molecule has 2 aromatic carbocycles. The van der Waals surface area contributed by atoms with E-state index >= 15 is 0 Å². The summed E-state index contributed by atoms with van der Waals surface area (Å²) in [7, 11) is 0. The highest BCUT2D eigenvalue weighted by Gasteiger charge is 2.12. The topological polar surface area (TPSA) is 68.0 Å². The zero-order valence-corrected chi connectivity index (χ0v) is 16.7. The Balaban J connectivity index is 1.39. The lowest BCUT2D eigenvalue weighted by atomic mass is 10.2. The van der Waals surface area contributed by atoms with Gasteiger partial charge in [0.15, 0.2) is 0 Å². The largest absolute Gasteiger partial charge is 0.347 e. The highest BCUT2D eigenvalue weighted by atomic mass is 35.5. The highest BCUT2D eigenvalue weighted by molar-refractivity contribution is 7.99. The van der Waals surface area contributed by atoms with Crippen LogP contribution < -0.4 is 5.32 Å². The number of nitrogens with zero attached hydrogens (tertiary/aromatic N) is 2. The Bertz CT molecular complexity index is 900. The van der Waals surface area contributed by atoms with Gasteiger partial charge < -0.3 is 9.84 Å². The number of aromatic nitrogens is 2. The molecule has 140 valence electrons. The molecule has 0 radical (unpaired) electrons. The predicted molar refractivity (Wildman–Crippen MR) is 108 cm³/mol. The summed E-state index contributed by atoms with van der Waals surface area (Å²) in [6.45, 7) is 0.195. The average Bonchev–Trinajstić information content (AvgIpc) is 3.14. The summed E-state index contributed by atoms with van der Waals surface area (Å²) in [6, 6.07) is 14.9. The number of hydrogen-bond donors (Lipinski definition) is 1. The van der Waals surface area contributed by atoms with Gasteiger partial charge in [-0.05, 0) is 48.6 Å². The minimum atomic E-state index is -0.0517. The zero-order valence-electron chi connectivity index (χ0n) is 14.3. The molecule has 0 saturated carbocycles. The maximum Gasteiger partial charge on any atom is 0.246 e. The molecule has 1 aromatic heterocycles. The van der Waals surface area contributed by atoms with Crippen LogP contribution in [-0.4, -0.2) is 21.8 Å². The fraction of sp³-hybridized carbons (Fsp3) is 0.211. The predicted octanol–water partition coefficient (Wildman–Crippen LogP) is 5.23. The van der Waals surface area contributed by atoms with Crippen LogP contribution in [0.15, 0.2) is 57.9 Å². The van der Waals surface area contributed by atoms with Crippen molar-refractivity contribution < 1.29 is 9.32 Å². The van der Waals surface area contributed by atoms with Crippen LogP contribution >= 0.6 is 35.0 Å². The average molecular weight is 422 g/mol. The molecule has 0 spiro atoms. The fourth-order valence-corrected chi connectivity index (χ4v) is 3.49. The second kappa shape index (κ2) is 9.78. The molecule has 0 unspecified atom stereocenters. The molecule has 0 saturated heterocycles. The summed E-state index contributed by atoms with van der Waals surface area (Å²) in [6.07, 6.45) is 1.21. The third-order valence-electron chi connectivity index (χ3n) is 3.65. The molecule has 0 bridgehead atoms. The molecule has 0 aliphatic carbocycles. The molecule has 27 heavy (non-hydrogen) atoms. The van der Waals surface area contributed by atoms with Crippen LogP contribution in [0, 0.1) is 0 Å². The van der Waals surface area contributed by atoms with Gasteiger partial charge in [-0.3, -0.25) is 4.79 Å². The Morgan fingerprint density at radius 1 is 1.11 bits per heavy atom. The molecule has 0 aliphatic heterocycles. The lowest BCUT2D eigenvalue weighted by Gasteiger charge is -2.03. The third kappa shape index (κ3) is 5.99. The molecule has 5 nitrogen and oxygen atoms in total. The normalized spacial score (nSPS) is 10.7. The summed E-state index contributed by atoms with van der Waals surface area (Å²) in [5.41, 5.74) is 0.694. The Hall–Kier alpha value is -2.02. The van der Waals surface area contributed by atoms with Crippen molar-refractivity contribution in [2.75, 3.05) is 5.75 Å². The fourth-order valence-electron chi connectivity index (χ4n) is 2.29. The summed E-state index contributed by atoms with van der Waals surface area (Å²) in [4.78, 5) is 17.4. The van der Waals surface area contributed by atoms with Crippen molar-refractivity contribution in [2.45, 2.75) is 24.3 Å². The summed E-state index contributed by atoms with van der Waals surface area (Å²) >= 11 is 13.7. The van der Waals surface area contributed by atoms with Crippen molar-refractivity contribution >= 4 is 40.9 Å². The van der Waals surface area contributed by atoms with E-state index in [1.807, 2.05) is 42.5 Å². The smallest absolute Gasteiger partial charge is 0.246 e. The molecule has 1 amide bonds. The molecule has 0 atom stereocenters. The standard InChI is InChI=1S/C19H17Cl2N3O2S/c20-13-7-9-14(10-8-13)27-11-3-6-17(25)22-12-18-23-19(24-26-18)15-4-1-2-5-16(15)21/h1-2,4-5,7-10H,3,6,11-12H2,(H,22,25). The van der Waals surface area contributed by atoms with Crippen LogP contribution in [0.1, 0.15) is 18.7 Å². The summed E-state index contributed by atoms with van der Waals surface area (Å²) < 4.78 is 5.17. The SMILES string of the molecule is O=C(CCCSc1ccc(Cl)cc1)NCc1nc(-c2ccccc2Cl)no1. The van der Waals surface area contributed by atoms with E-state index in [-0.39, 0.29) is 12.5 Å². The van der Waals surface area contributed by atoms with Crippen LogP contribution in [0.2, 0.25) is 10.0 Å². The Labute approximate surface area is 171 Å². The molecule has 1 N–H and O–H groups in total. The number of rotatable bonds is 8. The minimum Gasteiger partial charge on any atom is -0.347 e. The summed E-state index contributed by atoms with van der Waals surface area (Å²) in [5, 5.41) is 7.96. The Morgan fingerprint density at radius 3 is 2.67 bits per heavy atom. The molecular weight excluding hydrogens is 405 g/mol. The summed E-state index contributed by atoms with van der Waals surface area (Å²) in [5.74, 6) is 1.55. The molecule has 0 fully saturated rings. The molecular formula is C19H17Cl2N3O2S. The van der Waals surface area contributed by atoms with E-state index in [9.17, 15) is 4.79 Å². The molecule has 0 aliphatic rings. The van der Waals surface area contributed by atoms with Gasteiger partial charge in [-0.2, -0.15) is 4.98 Å². The number of halogens is 2. The van der Waals surface area contributed by atoms with Crippen molar-refractivity contribution in [1.82, 2.24) is 15.5 Å². The second-order valence-electron chi connectivity index (χ2n) is 5.67. The van der Waals surface area contributed by atoms with Gasteiger partial charge in [-0.1, -0.05) is 40.5 Å². The lowest BCUT2D eigenvalue weighted by molar-refractivity contribution is -0.121. The highest BCUT2D eigenvalue weighted by Crippen LogP contribution is 2.25. The molecule has 8 heteroatoms. The van der Waals surface area contributed by atoms with Gasteiger partial charge >= 0.3 is 0 Å². The van der Waals surface area contributed by atoms with E-state index < -0.39 is 0 Å². The van der Waals surface area contributed by atoms with E-state index in [0.29, 0.717) is 28.7 Å². The quantitative estimate of drug-likeness (QED) is 0.398. The number of carbonyl (C=O) groups is 1. The third-order valence-corrected chi connectivity index (χ3v) is 5.33. The van der Waals surface area contributed by atoms with Crippen LogP contribution in [0.5, 0.6) is 0 Å². The van der Waals surface area contributed by atoms with Crippen molar-refractivity contribution in [1.29, 1.82) is 0 Å². The number of carbonyl (C=O) groups excluding carboxylic acids is 1. The van der Waals surface area contributed by atoms with Crippen molar-refractivity contribution in [3.05, 3.63) is 64.5 Å². The maximum atomic E-state index is 12.0. The molecule has 3 aromatic rings. The Kier molecular flexibility index (Phi) is 7.15. The lowest BCUT2D eigenvalue weighted by Crippen LogP contribution is -2.22. The van der Waals surface area contributed by atoms with Gasteiger partial charge in [0, 0.05) is 21.9 Å². The van der Waals surface area contributed by atoms with Gasteiger partial charge in [0.25, 0.3) is 0 Å². The number of amides is 1. The number of hydrogen-bond acceptors (Lipinski definition) is 5. The monoisotopic (exact) mass is 421 g/mol. The van der Waals surface area contributed by atoms with E-state index in [4.69, 9.17) is 27.7 Å².